The Morgan fingerprint density at radius 3 is 2.88 bits per heavy atom. The van der Waals surface area contributed by atoms with E-state index in [1.165, 1.54) is 6.08 Å². The Labute approximate surface area is 94.0 Å². The molecular formula is C12H15NO3. The number of aryl methyl sites for hydroxylation is 1. The molecule has 0 aromatic carbocycles. The van der Waals surface area contributed by atoms with Crippen molar-refractivity contribution in [1.82, 2.24) is 5.32 Å². The third kappa shape index (κ3) is 2.52. The Kier molecular flexibility index (Phi) is 2.83. The van der Waals surface area contributed by atoms with Crippen LogP contribution in [0.2, 0.25) is 0 Å². The van der Waals surface area contributed by atoms with Crippen LogP contribution >= 0.6 is 0 Å². The average Bonchev–Trinajstić information content (AvgIpc) is 2.91. The molecule has 1 aliphatic rings. The lowest BCUT2D eigenvalue weighted by Gasteiger charge is -2.11. The highest BCUT2D eigenvalue weighted by atomic mass is 16.3. The molecule has 0 saturated heterocycles. The normalized spacial score (nSPS) is 17.6. The summed E-state index contributed by atoms with van der Waals surface area (Å²) in [4.78, 5) is 11.5. The van der Waals surface area contributed by atoms with E-state index < -0.39 is 0 Å². The van der Waals surface area contributed by atoms with E-state index in [2.05, 4.69) is 5.32 Å². The Morgan fingerprint density at radius 1 is 1.62 bits per heavy atom. The molecule has 2 N–H and O–H groups in total. The van der Waals surface area contributed by atoms with E-state index in [0.29, 0.717) is 5.76 Å². The van der Waals surface area contributed by atoms with Crippen LogP contribution in [0.15, 0.2) is 22.6 Å². The molecule has 1 saturated carbocycles. The Hall–Kier alpha value is -1.55. The second-order valence-corrected chi connectivity index (χ2v) is 4.21. The number of amides is 1. The Morgan fingerprint density at radius 2 is 2.38 bits per heavy atom. The van der Waals surface area contributed by atoms with Gasteiger partial charge < -0.3 is 14.8 Å². The van der Waals surface area contributed by atoms with Crippen molar-refractivity contribution in [1.29, 1.82) is 0 Å². The highest BCUT2D eigenvalue weighted by molar-refractivity contribution is 5.92. The molecule has 0 unspecified atom stereocenters. The van der Waals surface area contributed by atoms with Gasteiger partial charge in [-0.3, -0.25) is 4.79 Å². The minimum absolute atomic E-state index is 0.00639. The zero-order valence-corrected chi connectivity index (χ0v) is 9.19. The number of nitrogens with one attached hydrogen (secondary N) is 1. The molecule has 0 atom stereocenters. The molecule has 0 radical (unpaired) electrons. The van der Waals surface area contributed by atoms with Crippen LogP contribution in [0.4, 0.5) is 0 Å². The zero-order valence-electron chi connectivity index (χ0n) is 9.19. The number of hydrogen-bond donors (Lipinski definition) is 2. The smallest absolute Gasteiger partial charge is 0.244 e. The van der Waals surface area contributed by atoms with E-state index in [9.17, 15) is 4.79 Å². The quantitative estimate of drug-likeness (QED) is 0.752. The van der Waals surface area contributed by atoms with Crippen LogP contribution in [0.1, 0.15) is 24.4 Å². The number of aliphatic hydroxyl groups excluding tert-OH is 1. The molecule has 1 heterocycles. The number of aliphatic hydroxyl groups is 1. The summed E-state index contributed by atoms with van der Waals surface area (Å²) in [6.45, 7) is 1.86. The van der Waals surface area contributed by atoms with E-state index >= 15 is 0 Å². The van der Waals surface area contributed by atoms with E-state index in [4.69, 9.17) is 9.52 Å². The number of furan rings is 1. The van der Waals surface area contributed by atoms with Gasteiger partial charge in [0.1, 0.15) is 11.5 Å². The van der Waals surface area contributed by atoms with Gasteiger partial charge in [-0.25, -0.2) is 0 Å². The van der Waals surface area contributed by atoms with Crippen molar-refractivity contribution in [2.24, 2.45) is 0 Å². The molecule has 86 valence electrons. The van der Waals surface area contributed by atoms with Crippen LogP contribution < -0.4 is 5.32 Å². The maximum atomic E-state index is 11.5. The van der Waals surface area contributed by atoms with Crippen LogP contribution in [-0.4, -0.2) is 23.2 Å². The second kappa shape index (κ2) is 4.14. The van der Waals surface area contributed by atoms with Crippen molar-refractivity contribution in [3.05, 3.63) is 29.7 Å². The highest BCUT2D eigenvalue weighted by Crippen LogP contribution is 2.34. The van der Waals surface area contributed by atoms with E-state index in [0.717, 1.165) is 18.6 Å². The number of carbonyl (C=O) groups is 1. The number of rotatable bonds is 4. The first-order valence-corrected chi connectivity index (χ1v) is 5.31. The van der Waals surface area contributed by atoms with Crippen molar-refractivity contribution < 1.29 is 14.3 Å². The molecule has 0 bridgehead atoms. The highest BCUT2D eigenvalue weighted by Gasteiger charge is 2.42. The standard InChI is InChI=1S/C12H15NO3/c1-9-2-3-10(16-9)4-5-11(15)13-12(8-14)6-7-12/h2-5,14H,6-8H2,1H3,(H,13,15)/b5-4+. The lowest BCUT2D eigenvalue weighted by atomic mass is 10.3. The summed E-state index contributed by atoms with van der Waals surface area (Å²) >= 11 is 0. The first-order chi connectivity index (χ1) is 7.63. The maximum Gasteiger partial charge on any atom is 0.244 e. The molecule has 1 aromatic rings. The van der Waals surface area contributed by atoms with Crippen molar-refractivity contribution >= 4 is 12.0 Å². The fourth-order valence-corrected chi connectivity index (χ4v) is 1.48. The third-order valence-electron chi connectivity index (χ3n) is 2.70. The third-order valence-corrected chi connectivity index (χ3v) is 2.70. The van der Waals surface area contributed by atoms with Crippen LogP contribution in [0.5, 0.6) is 0 Å². The first-order valence-electron chi connectivity index (χ1n) is 5.31. The van der Waals surface area contributed by atoms with Gasteiger partial charge in [0.2, 0.25) is 5.91 Å². The van der Waals surface area contributed by atoms with E-state index in [1.807, 2.05) is 13.0 Å². The molecule has 1 aliphatic carbocycles. The monoisotopic (exact) mass is 221 g/mol. The largest absolute Gasteiger partial charge is 0.462 e. The molecule has 0 aliphatic heterocycles. The van der Waals surface area contributed by atoms with Gasteiger partial charge in [-0.05, 0) is 38.0 Å². The van der Waals surface area contributed by atoms with Crippen LogP contribution in [0, 0.1) is 6.92 Å². The molecule has 16 heavy (non-hydrogen) atoms. The van der Waals surface area contributed by atoms with Crippen molar-refractivity contribution in [2.75, 3.05) is 6.61 Å². The fraction of sp³-hybridized carbons (Fsp3) is 0.417. The minimum Gasteiger partial charge on any atom is -0.462 e. The van der Waals surface area contributed by atoms with Crippen LogP contribution in [-0.2, 0) is 4.79 Å². The summed E-state index contributed by atoms with van der Waals surface area (Å²) in [5.41, 5.74) is -0.361. The summed E-state index contributed by atoms with van der Waals surface area (Å²) in [6, 6.07) is 3.64. The van der Waals surface area contributed by atoms with E-state index in [-0.39, 0.29) is 18.1 Å². The molecule has 2 rings (SSSR count). The molecule has 1 amide bonds. The van der Waals surface area contributed by atoms with Crippen molar-refractivity contribution in [3.8, 4) is 0 Å². The molecular weight excluding hydrogens is 206 g/mol. The van der Waals surface area contributed by atoms with Gasteiger partial charge in [-0.2, -0.15) is 0 Å². The molecule has 4 heteroatoms. The van der Waals surface area contributed by atoms with Gasteiger partial charge in [-0.15, -0.1) is 0 Å². The predicted molar refractivity (Wildman–Crippen MR) is 59.7 cm³/mol. The summed E-state index contributed by atoms with van der Waals surface area (Å²) in [7, 11) is 0. The van der Waals surface area contributed by atoms with Crippen LogP contribution in [0.3, 0.4) is 0 Å². The minimum atomic E-state index is -0.361. The second-order valence-electron chi connectivity index (χ2n) is 4.21. The average molecular weight is 221 g/mol. The van der Waals surface area contributed by atoms with Crippen molar-refractivity contribution in [2.45, 2.75) is 25.3 Å². The van der Waals surface area contributed by atoms with Gasteiger partial charge in [0, 0.05) is 6.08 Å². The number of carbonyl (C=O) groups excluding carboxylic acids is 1. The molecule has 1 fully saturated rings. The Balaban J connectivity index is 1.90. The van der Waals surface area contributed by atoms with Gasteiger partial charge in [0.25, 0.3) is 0 Å². The van der Waals surface area contributed by atoms with Gasteiger partial charge >= 0.3 is 0 Å². The van der Waals surface area contributed by atoms with Gasteiger partial charge in [0.05, 0.1) is 12.1 Å². The topological polar surface area (TPSA) is 62.5 Å². The number of hydrogen-bond acceptors (Lipinski definition) is 3. The molecule has 0 spiro atoms. The zero-order chi connectivity index (χ0) is 11.6. The molecule has 4 nitrogen and oxygen atoms in total. The van der Waals surface area contributed by atoms with Gasteiger partial charge in [0.15, 0.2) is 0 Å². The van der Waals surface area contributed by atoms with Crippen LogP contribution in [0.25, 0.3) is 6.08 Å². The predicted octanol–water partition coefficient (Wildman–Crippen LogP) is 1.24. The summed E-state index contributed by atoms with van der Waals surface area (Å²) in [5.74, 6) is 1.27. The Bertz CT molecular complexity index is 416. The summed E-state index contributed by atoms with van der Waals surface area (Å²) < 4.78 is 5.29. The SMILES string of the molecule is Cc1ccc(/C=C/C(=O)NC2(CO)CC2)o1. The van der Waals surface area contributed by atoms with Gasteiger partial charge in [-0.1, -0.05) is 0 Å². The van der Waals surface area contributed by atoms with E-state index in [1.54, 1.807) is 12.1 Å². The fourth-order valence-electron chi connectivity index (χ4n) is 1.48. The summed E-state index contributed by atoms with van der Waals surface area (Å²) in [6.07, 6.45) is 4.75. The maximum absolute atomic E-state index is 11.5. The first kappa shape index (κ1) is 11.0. The summed E-state index contributed by atoms with van der Waals surface area (Å²) in [5, 5.41) is 11.8. The van der Waals surface area contributed by atoms with Crippen molar-refractivity contribution in [3.63, 3.8) is 0 Å². The lowest BCUT2D eigenvalue weighted by Crippen LogP contribution is -2.38. The molecule has 1 aromatic heterocycles. The lowest BCUT2D eigenvalue weighted by molar-refractivity contribution is -0.117.